The van der Waals surface area contributed by atoms with Crippen LogP contribution in [0.4, 0.5) is 10.5 Å². The quantitative estimate of drug-likeness (QED) is 0.411. The third-order valence-corrected chi connectivity index (χ3v) is 5.24. The van der Waals surface area contributed by atoms with Gasteiger partial charge in [0.2, 0.25) is 0 Å². The Labute approximate surface area is 180 Å². The average Bonchev–Trinajstić information content (AvgIpc) is 3.09. The van der Waals surface area contributed by atoms with Gasteiger partial charge >= 0.3 is 12.1 Å². The monoisotopic (exact) mass is 417 g/mol. The van der Waals surface area contributed by atoms with E-state index in [4.69, 9.17) is 9.47 Å². The third-order valence-electron chi connectivity index (χ3n) is 5.24. The number of anilines is 1. The fraction of sp³-hybridized carbons (Fsp3) is 0.200. The molecule has 0 radical (unpaired) electrons. The van der Waals surface area contributed by atoms with E-state index in [2.05, 4.69) is 17.4 Å². The summed E-state index contributed by atoms with van der Waals surface area (Å²) >= 11 is 0. The van der Waals surface area contributed by atoms with Crippen molar-refractivity contribution >= 4 is 17.7 Å². The Morgan fingerprint density at radius 1 is 0.935 bits per heavy atom. The van der Waals surface area contributed by atoms with E-state index in [1.807, 2.05) is 43.3 Å². The molecule has 0 aromatic heterocycles. The summed E-state index contributed by atoms with van der Waals surface area (Å²) in [6.45, 7) is 2.01. The van der Waals surface area contributed by atoms with Crippen molar-refractivity contribution in [3.05, 3.63) is 77.9 Å². The zero-order valence-corrected chi connectivity index (χ0v) is 17.1. The Bertz CT molecular complexity index is 1080. The Hall–Kier alpha value is -3.80. The predicted molar refractivity (Wildman–Crippen MR) is 117 cm³/mol. The summed E-state index contributed by atoms with van der Waals surface area (Å²) in [5.74, 6) is -0.876. The van der Waals surface area contributed by atoms with E-state index in [-0.39, 0.29) is 36.1 Å². The molecule has 0 bridgehead atoms. The lowest BCUT2D eigenvalue weighted by molar-refractivity contribution is -0.134. The van der Waals surface area contributed by atoms with Gasteiger partial charge in [-0.05, 0) is 40.8 Å². The summed E-state index contributed by atoms with van der Waals surface area (Å²) < 4.78 is 10.7. The number of phenolic OH excluding ortho intramolecular Hbond substituents is 1. The number of para-hydroxylation sites is 1. The Kier molecular flexibility index (Phi) is 5.89. The number of rotatable bonds is 6. The van der Waals surface area contributed by atoms with Gasteiger partial charge in [-0.2, -0.15) is 0 Å². The first-order chi connectivity index (χ1) is 15.1. The van der Waals surface area contributed by atoms with Gasteiger partial charge in [-0.25, -0.2) is 4.79 Å². The van der Waals surface area contributed by atoms with Gasteiger partial charge in [0, 0.05) is 12.3 Å². The van der Waals surface area contributed by atoms with Crippen LogP contribution in [0.1, 0.15) is 36.8 Å². The van der Waals surface area contributed by atoms with Crippen LogP contribution in [-0.4, -0.2) is 23.8 Å². The highest BCUT2D eigenvalue weighted by Crippen LogP contribution is 2.44. The van der Waals surface area contributed by atoms with Crippen LogP contribution in [0.2, 0.25) is 0 Å². The normalized spacial score (nSPS) is 12.0. The third kappa shape index (κ3) is 4.23. The molecule has 31 heavy (non-hydrogen) atoms. The SMILES string of the molecule is CCCC(=O)Oc1c(O)cccc1NC(=O)OCC1c2ccccc2-c2ccccc21. The fourth-order valence-corrected chi connectivity index (χ4v) is 3.84. The number of hydrogen-bond donors (Lipinski definition) is 2. The van der Waals surface area contributed by atoms with E-state index in [0.717, 1.165) is 22.3 Å². The zero-order chi connectivity index (χ0) is 21.8. The van der Waals surface area contributed by atoms with Crippen LogP contribution in [0, 0.1) is 0 Å². The second-order valence-corrected chi connectivity index (χ2v) is 7.33. The van der Waals surface area contributed by atoms with Gasteiger partial charge in [0.25, 0.3) is 0 Å². The molecule has 0 saturated heterocycles. The molecule has 1 amide bonds. The number of carbonyl (C=O) groups excluding carboxylic acids is 2. The lowest BCUT2D eigenvalue weighted by atomic mass is 9.98. The van der Waals surface area contributed by atoms with Crippen LogP contribution in [0.25, 0.3) is 11.1 Å². The highest BCUT2D eigenvalue weighted by molar-refractivity contribution is 5.89. The van der Waals surface area contributed by atoms with Crippen LogP contribution in [0.3, 0.4) is 0 Å². The minimum atomic E-state index is -0.694. The summed E-state index contributed by atoms with van der Waals surface area (Å²) in [6.07, 6.45) is 0.126. The van der Waals surface area contributed by atoms with Crippen molar-refractivity contribution < 1.29 is 24.2 Å². The topological polar surface area (TPSA) is 84.9 Å². The number of phenols is 1. The van der Waals surface area contributed by atoms with E-state index in [9.17, 15) is 14.7 Å². The first-order valence-corrected chi connectivity index (χ1v) is 10.2. The molecule has 6 heteroatoms. The maximum Gasteiger partial charge on any atom is 0.411 e. The number of aromatic hydroxyl groups is 1. The van der Waals surface area contributed by atoms with Crippen LogP contribution >= 0.6 is 0 Å². The first kappa shape index (κ1) is 20.5. The molecular weight excluding hydrogens is 394 g/mol. The minimum absolute atomic E-state index is 0.0656. The van der Waals surface area contributed by atoms with Gasteiger partial charge in [-0.15, -0.1) is 0 Å². The Balaban J connectivity index is 1.47. The van der Waals surface area contributed by atoms with Crippen molar-refractivity contribution in [2.45, 2.75) is 25.7 Å². The molecule has 0 aliphatic heterocycles. The number of carbonyl (C=O) groups is 2. The van der Waals surface area contributed by atoms with Crippen LogP contribution in [0.15, 0.2) is 66.7 Å². The number of amides is 1. The molecule has 158 valence electrons. The van der Waals surface area contributed by atoms with Gasteiger partial charge < -0.3 is 14.6 Å². The Morgan fingerprint density at radius 2 is 1.58 bits per heavy atom. The van der Waals surface area contributed by atoms with Gasteiger partial charge in [0.05, 0.1) is 5.69 Å². The van der Waals surface area contributed by atoms with Crippen molar-refractivity contribution in [2.24, 2.45) is 0 Å². The number of hydrogen-bond acceptors (Lipinski definition) is 5. The number of benzene rings is 3. The van der Waals surface area contributed by atoms with Crippen molar-refractivity contribution in [3.8, 4) is 22.6 Å². The highest BCUT2D eigenvalue weighted by Gasteiger charge is 2.29. The van der Waals surface area contributed by atoms with Gasteiger partial charge in [-0.3, -0.25) is 10.1 Å². The molecule has 2 N–H and O–H groups in total. The second-order valence-electron chi connectivity index (χ2n) is 7.33. The summed E-state index contributed by atoms with van der Waals surface area (Å²) in [5, 5.41) is 12.6. The molecule has 0 unspecified atom stereocenters. The van der Waals surface area contributed by atoms with Gasteiger partial charge in [0.1, 0.15) is 6.61 Å². The van der Waals surface area contributed by atoms with E-state index in [1.165, 1.54) is 12.1 Å². The van der Waals surface area contributed by atoms with E-state index < -0.39 is 12.1 Å². The fourth-order valence-electron chi connectivity index (χ4n) is 3.84. The summed E-state index contributed by atoms with van der Waals surface area (Å²) in [4.78, 5) is 24.4. The molecule has 0 spiro atoms. The summed E-state index contributed by atoms with van der Waals surface area (Å²) in [5.41, 5.74) is 4.68. The molecule has 6 nitrogen and oxygen atoms in total. The van der Waals surface area contributed by atoms with E-state index >= 15 is 0 Å². The van der Waals surface area contributed by atoms with Crippen molar-refractivity contribution in [2.75, 3.05) is 11.9 Å². The first-order valence-electron chi connectivity index (χ1n) is 10.2. The number of nitrogens with one attached hydrogen (secondary N) is 1. The lowest BCUT2D eigenvalue weighted by Crippen LogP contribution is -2.19. The molecule has 1 aliphatic rings. The summed E-state index contributed by atoms with van der Waals surface area (Å²) in [6, 6.07) is 20.6. The minimum Gasteiger partial charge on any atom is -0.504 e. The van der Waals surface area contributed by atoms with Crippen LogP contribution in [0.5, 0.6) is 11.5 Å². The molecule has 3 aromatic rings. The molecule has 0 fully saturated rings. The molecule has 0 atom stereocenters. The second kappa shape index (κ2) is 8.92. The molecule has 4 rings (SSSR count). The smallest absolute Gasteiger partial charge is 0.411 e. The zero-order valence-electron chi connectivity index (χ0n) is 17.1. The van der Waals surface area contributed by atoms with Crippen LogP contribution in [-0.2, 0) is 9.53 Å². The number of fused-ring (bicyclic) bond motifs is 3. The molecule has 1 aliphatic carbocycles. The maximum absolute atomic E-state index is 12.5. The average molecular weight is 417 g/mol. The predicted octanol–water partition coefficient (Wildman–Crippen LogP) is 5.46. The standard InChI is InChI=1S/C25H23NO5/c1-2-8-23(28)31-24-21(13-7-14-22(24)27)26-25(29)30-15-20-18-11-5-3-9-16(18)17-10-4-6-12-19(17)20/h3-7,9-14,20,27H,2,8,15H2,1H3,(H,26,29). The van der Waals surface area contributed by atoms with Gasteiger partial charge in [-0.1, -0.05) is 61.5 Å². The van der Waals surface area contributed by atoms with Crippen LogP contribution < -0.4 is 10.1 Å². The largest absolute Gasteiger partial charge is 0.504 e. The number of ether oxygens (including phenoxy) is 2. The van der Waals surface area contributed by atoms with Crippen molar-refractivity contribution in [3.63, 3.8) is 0 Å². The van der Waals surface area contributed by atoms with Gasteiger partial charge in [0.15, 0.2) is 11.5 Å². The van der Waals surface area contributed by atoms with E-state index in [1.54, 1.807) is 6.07 Å². The molecular formula is C25H23NO5. The lowest BCUT2D eigenvalue weighted by Gasteiger charge is -2.16. The number of esters is 1. The Morgan fingerprint density at radius 3 is 2.23 bits per heavy atom. The van der Waals surface area contributed by atoms with E-state index in [0.29, 0.717) is 6.42 Å². The molecule has 3 aromatic carbocycles. The summed E-state index contributed by atoms with van der Waals surface area (Å²) in [7, 11) is 0. The van der Waals surface area contributed by atoms with Crippen molar-refractivity contribution in [1.29, 1.82) is 0 Å². The molecule has 0 heterocycles. The highest BCUT2D eigenvalue weighted by atomic mass is 16.6. The molecule has 0 saturated carbocycles. The van der Waals surface area contributed by atoms with Crippen molar-refractivity contribution in [1.82, 2.24) is 0 Å². The maximum atomic E-state index is 12.5.